The van der Waals surface area contributed by atoms with Crippen molar-refractivity contribution in [3.8, 4) is 10.8 Å². The Kier molecular flexibility index (Phi) is 4.72. The molecule has 1 aromatic carbocycles. The molecule has 1 aliphatic rings. The van der Waals surface area contributed by atoms with Crippen molar-refractivity contribution < 1.29 is 18.4 Å². The number of thiophene rings is 1. The Morgan fingerprint density at radius 3 is 2.96 bits per heavy atom. The summed E-state index contributed by atoms with van der Waals surface area (Å²) >= 11 is 1.52. The maximum absolute atomic E-state index is 13.9. The zero-order valence-electron chi connectivity index (χ0n) is 14.2. The number of carbonyl (C=O) groups is 2. The first-order valence-electron chi connectivity index (χ1n) is 8.42. The number of benzene rings is 1. The molecule has 1 N–H and O–H groups in total. The minimum absolute atomic E-state index is 0.0550. The largest absolute Gasteiger partial charge is 0.443 e. The number of amides is 2. The SMILES string of the molecule is O=C(NCc1coc(-c2cccs2)n1)[C@H]1CC(=O)N(c2ccccc2F)C1. The second kappa shape index (κ2) is 7.32. The van der Waals surface area contributed by atoms with Gasteiger partial charge in [-0.25, -0.2) is 9.37 Å². The summed E-state index contributed by atoms with van der Waals surface area (Å²) in [5.41, 5.74) is 0.803. The highest BCUT2D eigenvalue weighted by Gasteiger charge is 2.36. The van der Waals surface area contributed by atoms with Crippen LogP contribution in [0, 0.1) is 11.7 Å². The number of hydrogen-bond donors (Lipinski definition) is 1. The van der Waals surface area contributed by atoms with Crippen LogP contribution in [0.25, 0.3) is 10.8 Å². The van der Waals surface area contributed by atoms with E-state index in [1.165, 1.54) is 34.6 Å². The lowest BCUT2D eigenvalue weighted by atomic mass is 10.1. The minimum atomic E-state index is -0.527. The fourth-order valence-corrected chi connectivity index (χ4v) is 3.67. The van der Waals surface area contributed by atoms with E-state index in [0.29, 0.717) is 11.6 Å². The highest BCUT2D eigenvalue weighted by atomic mass is 32.1. The van der Waals surface area contributed by atoms with Gasteiger partial charge in [-0.05, 0) is 23.6 Å². The van der Waals surface area contributed by atoms with E-state index in [1.807, 2.05) is 17.5 Å². The molecule has 138 valence electrons. The van der Waals surface area contributed by atoms with Gasteiger partial charge in [0.2, 0.25) is 17.7 Å². The number of rotatable bonds is 5. The molecule has 0 unspecified atom stereocenters. The maximum Gasteiger partial charge on any atom is 0.236 e. The highest BCUT2D eigenvalue weighted by molar-refractivity contribution is 7.13. The van der Waals surface area contributed by atoms with Crippen LogP contribution in [-0.4, -0.2) is 23.3 Å². The molecule has 2 aromatic heterocycles. The number of nitrogens with one attached hydrogen (secondary N) is 1. The Bertz CT molecular complexity index is 970. The second-order valence-corrected chi connectivity index (χ2v) is 7.14. The van der Waals surface area contributed by atoms with Crippen molar-refractivity contribution in [2.24, 2.45) is 5.92 Å². The topological polar surface area (TPSA) is 75.4 Å². The lowest BCUT2D eigenvalue weighted by Gasteiger charge is -2.17. The molecule has 0 bridgehead atoms. The summed E-state index contributed by atoms with van der Waals surface area (Å²) in [5, 5.41) is 4.71. The van der Waals surface area contributed by atoms with Gasteiger partial charge < -0.3 is 14.6 Å². The highest BCUT2D eigenvalue weighted by Crippen LogP contribution is 2.27. The monoisotopic (exact) mass is 385 g/mol. The van der Waals surface area contributed by atoms with Gasteiger partial charge in [0.05, 0.1) is 28.7 Å². The maximum atomic E-state index is 13.9. The van der Waals surface area contributed by atoms with Gasteiger partial charge in [-0.3, -0.25) is 9.59 Å². The number of anilines is 1. The average molecular weight is 385 g/mol. The summed E-state index contributed by atoms with van der Waals surface area (Å²) in [6.07, 6.45) is 1.56. The predicted molar refractivity (Wildman–Crippen MR) is 98.5 cm³/mol. The number of para-hydroxylation sites is 1. The van der Waals surface area contributed by atoms with Crippen LogP contribution < -0.4 is 10.2 Å². The molecule has 1 saturated heterocycles. The van der Waals surface area contributed by atoms with Crippen LogP contribution in [-0.2, 0) is 16.1 Å². The van der Waals surface area contributed by atoms with Crippen molar-refractivity contribution >= 4 is 28.8 Å². The predicted octanol–water partition coefficient (Wildman–Crippen LogP) is 3.21. The van der Waals surface area contributed by atoms with Crippen molar-refractivity contribution in [3.05, 3.63) is 59.6 Å². The molecule has 0 radical (unpaired) electrons. The van der Waals surface area contributed by atoms with Gasteiger partial charge in [-0.2, -0.15) is 0 Å². The van der Waals surface area contributed by atoms with Crippen LogP contribution in [0.15, 0.2) is 52.5 Å². The van der Waals surface area contributed by atoms with E-state index in [4.69, 9.17) is 4.42 Å². The van der Waals surface area contributed by atoms with Crippen LogP contribution in [0.4, 0.5) is 10.1 Å². The van der Waals surface area contributed by atoms with E-state index in [2.05, 4.69) is 10.3 Å². The van der Waals surface area contributed by atoms with Crippen LogP contribution in [0.5, 0.6) is 0 Å². The molecule has 6 nitrogen and oxygen atoms in total. The molecule has 1 aliphatic heterocycles. The quantitative estimate of drug-likeness (QED) is 0.732. The lowest BCUT2D eigenvalue weighted by molar-refractivity contribution is -0.126. The van der Waals surface area contributed by atoms with Crippen molar-refractivity contribution in [1.29, 1.82) is 0 Å². The van der Waals surface area contributed by atoms with Crippen LogP contribution >= 0.6 is 11.3 Å². The fourth-order valence-electron chi connectivity index (χ4n) is 3.01. The molecule has 3 aromatic rings. The van der Waals surface area contributed by atoms with Crippen molar-refractivity contribution in [3.63, 3.8) is 0 Å². The van der Waals surface area contributed by atoms with Crippen molar-refractivity contribution in [2.75, 3.05) is 11.4 Å². The summed E-state index contributed by atoms with van der Waals surface area (Å²) in [6, 6.07) is 9.87. The van der Waals surface area contributed by atoms with E-state index in [-0.39, 0.29) is 37.0 Å². The van der Waals surface area contributed by atoms with E-state index < -0.39 is 11.7 Å². The van der Waals surface area contributed by atoms with E-state index in [0.717, 1.165) is 4.88 Å². The second-order valence-electron chi connectivity index (χ2n) is 6.20. The number of halogens is 1. The summed E-state index contributed by atoms with van der Waals surface area (Å²) in [5.74, 6) is -1.02. The molecule has 1 atom stereocenters. The van der Waals surface area contributed by atoms with E-state index in [1.54, 1.807) is 12.1 Å². The zero-order chi connectivity index (χ0) is 18.8. The standard InChI is InChI=1S/C19H16FN3O3S/c20-14-4-1-2-5-15(14)23-10-12(8-17(23)24)18(25)21-9-13-11-26-19(22-13)16-6-3-7-27-16/h1-7,11-12H,8-10H2,(H,21,25)/t12-/m0/s1. The number of aromatic nitrogens is 1. The van der Waals surface area contributed by atoms with Crippen LogP contribution in [0.2, 0.25) is 0 Å². The fraction of sp³-hybridized carbons (Fsp3) is 0.211. The van der Waals surface area contributed by atoms with Gasteiger partial charge in [0.25, 0.3) is 0 Å². The van der Waals surface area contributed by atoms with Crippen molar-refractivity contribution in [2.45, 2.75) is 13.0 Å². The Hall–Kier alpha value is -3.00. The first-order chi connectivity index (χ1) is 13.1. The van der Waals surface area contributed by atoms with Gasteiger partial charge in [-0.1, -0.05) is 18.2 Å². The number of nitrogens with zero attached hydrogens (tertiary/aromatic N) is 2. The lowest BCUT2D eigenvalue weighted by Crippen LogP contribution is -2.32. The minimum Gasteiger partial charge on any atom is -0.443 e. The van der Waals surface area contributed by atoms with Gasteiger partial charge in [0.15, 0.2) is 0 Å². The molecule has 0 spiro atoms. The van der Waals surface area contributed by atoms with Gasteiger partial charge >= 0.3 is 0 Å². The normalized spacial score (nSPS) is 16.7. The Morgan fingerprint density at radius 2 is 2.19 bits per heavy atom. The molecule has 0 aliphatic carbocycles. The summed E-state index contributed by atoms with van der Waals surface area (Å²) in [7, 11) is 0. The smallest absolute Gasteiger partial charge is 0.236 e. The summed E-state index contributed by atoms with van der Waals surface area (Å²) < 4.78 is 19.3. The Morgan fingerprint density at radius 1 is 1.33 bits per heavy atom. The molecule has 0 saturated carbocycles. The molecule has 2 amide bonds. The molecular weight excluding hydrogens is 369 g/mol. The zero-order valence-corrected chi connectivity index (χ0v) is 15.0. The molecule has 27 heavy (non-hydrogen) atoms. The van der Waals surface area contributed by atoms with Gasteiger partial charge in [0, 0.05) is 13.0 Å². The molecule has 8 heteroatoms. The number of oxazole rings is 1. The van der Waals surface area contributed by atoms with E-state index >= 15 is 0 Å². The third kappa shape index (κ3) is 3.61. The summed E-state index contributed by atoms with van der Waals surface area (Å²) in [6.45, 7) is 0.364. The molecule has 4 rings (SSSR count). The molecular formula is C19H16FN3O3S. The Balaban J connectivity index is 1.37. The van der Waals surface area contributed by atoms with Gasteiger partial charge in [0.1, 0.15) is 12.1 Å². The third-order valence-corrected chi connectivity index (χ3v) is 5.22. The first-order valence-corrected chi connectivity index (χ1v) is 9.30. The first kappa shape index (κ1) is 17.4. The molecule has 3 heterocycles. The number of hydrogen-bond acceptors (Lipinski definition) is 5. The number of carbonyl (C=O) groups excluding carboxylic acids is 2. The van der Waals surface area contributed by atoms with Crippen molar-refractivity contribution in [1.82, 2.24) is 10.3 Å². The summed E-state index contributed by atoms with van der Waals surface area (Å²) in [4.78, 5) is 31.2. The Labute approximate surface area is 158 Å². The van der Waals surface area contributed by atoms with Crippen LogP contribution in [0.1, 0.15) is 12.1 Å². The van der Waals surface area contributed by atoms with Gasteiger partial charge in [-0.15, -0.1) is 11.3 Å². The average Bonchev–Trinajstić information content (AvgIpc) is 3.40. The van der Waals surface area contributed by atoms with Crippen LogP contribution in [0.3, 0.4) is 0 Å². The molecule has 1 fully saturated rings. The van der Waals surface area contributed by atoms with E-state index in [9.17, 15) is 14.0 Å². The third-order valence-electron chi connectivity index (χ3n) is 4.37.